The molecule has 0 aromatic heterocycles. The molecule has 1 aromatic rings. The average molecular weight is 177 g/mol. The van der Waals surface area contributed by atoms with Gasteiger partial charge in [0, 0.05) is 6.04 Å². The second-order valence-electron chi connectivity index (χ2n) is 4.08. The minimum absolute atomic E-state index is 0.255. The maximum atomic E-state index is 5.72. The minimum atomic E-state index is 0.255. The van der Waals surface area contributed by atoms with Crippen LogP contribution < -0.4 is 5.73 Å². The van der Waals surface area contributed by atoms with Gasteiger partial charge in [0.25, 0.3) is 0 Å². The highest BCUT2D eigenvalue weighted by Gasteiger charge is 2.00. The monoisotopic (exact) mass is 177 g/mol. The van der Waals surface area contributed by atoms with Gasteiger partial charge in [0.1, 0.15) is 0 Å². The van der Waals surface area contributed by atoms with Gasteiger partial charge in [-0.05, 0) is 30.4 Å². The van der Waals surface area contributed by atoms with E-state index in [0.29, 0.717) is 5.92 Å². The van der Waals surface area contributed by atoms with E-state index >= 15 is 0 Å². The van der Waals surface area contributed by atoms with Crippen molar-refractivity contribution in [2.45, 2.75) is 39.2 Å². The summed E-state index contributed by atoms with van der Waals surface area (Å²) in [6, 6.07) is 9.01. The molecule has 0 aliphatic carbocycles. The standard InChI is InChI=1S/C12H19N/c1-9(2)12-6-4-11(5-7-12)8-10(3)13/h4-7,9-10H,8,13H2,1-3H3. The van der Waals surface area contributed by atoms with Gasteiger partial charge in [-0.2, -0.15) is 0 Å². The smallest absolute Gasteiger partial charge is 0.00509 e. The molecule has 2 N–H and O–H groups in total. The highest BCUT2D eigenvalue weighted by atomic mass is 14.6. The quantitative estimate of drug-likeness (QED) is 0.754. The highest BCUT2D eigenvalue weighted by Crippen LogP contribution is 2.15. The Bertz CT molecular complexity index is 246. The van der Waals surface area contributed by atoms with Gasteiger partial charge in [-0.15, -0.1) is 0 Å². The summed E-state index contributed by atoms with van der Waals surface area (Å²) in [6.45, 7) is 6.46. The van der Waals surface area contributed by atoms with Gasteiger partial charge in [0.15, 0.2) is 0 Å². The van der Waals surface area contributed by atoms with E-state index in [-0.39, 0.29) is 6.04 Å². The van der Waals surface area contributed by atoms with Crippen LogP contribution in [0.2, 0.25) is 0 Å². The number of hydrogen-bond acceptors (Lipinski definition) is 1. The Balaban J connectivity index is 2.70. The first-order valence-corrected chi connectivity index (χ1v) is 4.94. The first-order chi connectivity index (χ1) is 6.09. The van der Waals surface area contributed by atoms with Crippen molar-refractivity contribution in [3.05, 3.63) is 35.4 Å². The molecule has 0 heterocycles. The van der Waals surface area contributed by atoms with E-state index in [4.69, 9.17) is 5.73 Å². The zero-order valence-electron chi connectivity index (χ0n) is 8.75. The zero-order chi connectivity index (χ0) is 9.84. The van der Waals surface area contributed by atoms with Crippen molar-refractivity contribution < 1.29 is 0 Å². The van der Waals surface area contributed by atoms with Crippen molar-refractivity contribution >= 4 is 0 Å². The van der Waals surface area contributed by atoms with E-state index in [9.17, 15) is 0 Å². The topological polar surface area (TPSA) is 26.0 Å². The largest absolute Gasteiger partial charge is 0.328 e. The SMILES string of the molecule is CC(N)Cc1ccc(C(C)C)cc1. The molecule has 1 atom stereocenters. The van der Waals surface area contributed by atoms with Gasteiger partial charge >= 0.3 is 0 Å². The Morgan fingerprint density at radius 1 is 1.08 bits per heavy atom. The van der Waals surface area contributed by atoms with Crippen LogP contribution in [0.3, 0.4) is 0 Å². The molecule has 0 fully saturated rings. The summed E-state index contributed by atoms with van der Waals surface area (Å²) in [5.74, 6) is 0.615. The molecule has 1 aromatic carbocycles. The van der Waals surface area contributed by atoms with Crippen LogP contribution in [0, 0.1) is 0 Å². The molecule has 0 bridgehead atoms. The summed E-state index contributed by atoms with van der Waals surface area (Å²) in [4.78, 5) is 0. The van der Waals surface area contributed by atoms with Crippen LogP contribution in [0.4, 0.5) is 0 Å². The molecule has 1 unspecified atom stereocenters. The molecule has 0 saturated heterocycles. The lowest BCUT2D eigenvalue weighted by molar-refractivity contribution is 0.737. The second kappa shape index (κ2) is 4.43. The van der Waals surface area contributed by atoms with Gasteiger partial charge in [-0.3, -0.25) is 0 Å². The van der Waals surface area contributed by atoms with E-state index in [2.05, 4.69) is 38.1 Å². The van der Waals surface area contributed by atoms with E-state index in [1.165, 1.54) is 11.1 Å². The summed E-state index contributed by atoms with van der Waals surface area (Å²) >= 11 is 0. The highest BCUT2D eigenvalue weighted by molar-refractivity contribution is 5.25. The van der Waals surface area contributed by atoms with E-state index < -0.39 is 0 Å². The summed E-state index contributed by atoms with van der Waals surface area (Å²) in [6.07, 6.45) is 0.971. The molecule has 0 amide bonds. The van der Waals surface area contributed by atoms with Crippen LogP contribution in [0.5, 0.6) is 0 Å². The fraction of sp³-hybridized carbons (Fsp3) is 0.500. The van der Waals surface area contributed by atoms with Crippen molar-refractivity contribution in [3.8, 4) is 0 Å². The molecular formula is C12H19N. The van der Waals surface area contributed by atoms with Crippen molar-refractivity contribution in [2.24, 2.45) is 5.73 Å². The van der Waals surface area contributed by atoms with Crippen LogP contribution >= 0.6 is 0 Å². The third-order valence-electron chi connectivity index (χ3n) is 2.20. The van der Waals surface area contributed by atoms with Crippen LogP contribution in [0.25, 0.3) is 0 Å². The maximum absolute atomic E-state index is 5.72. The van der Waals surface area contributed by atoms with Crippen molar-refractivity contribution in [2.75, 3.05) is 0 Å². The molecule has 1 heteroatoms. The maximum Gasteiger partial charge on any atom is 0.00509 e. The molecule has 13 heavy (non-hydrogen) atoms. The first-order valence-electron chi connectivity index (χ1n) is 4.94. The molecule has 1 nitrogen and oxygen atoms in total. The first kappa shape index (κ1) is 10.3. The predicted molar refractivity (Wildman–Crippen MR) is 57.9 cm³/mol. The Labute approximate surface area is 81.0 Å². The lowest BCUT2D eigenvalue weighted by Gasteiger charge is -2.08. The second-order valence-corrected chi connectivity index (χ2v) is 4.08. The summed E-state index contributed by atoms with van der Waals surface area (Å²) < 4.78 is 0. The van der Waals surface area contributed by atoms with Gasteiger partial charge in [-0.1, -0.05) is 38.1 Å². The summed E-state index contributed by atoms with van der Waals surface area (Å²) in [5, 5.41) is 0. The fourth-order valence-electron chi connectivity index (χ4n) is 1.41. The van der Waals surface area contributed by atoms with Crippen LogP contribution in [0.1, 0.15) is 37.8 Å². The Hall–Kier alpha value is -0.820. The van der Waals surface area contributed by atoms with Crippen LogP contribution in [-0.4, -0.2) is 6.04 Å². The third kappa shape index (κ3) is 3.19. The van der Waals surface area contributed by atoms with Gasteiger partial charge < -0.3 is 5.73 Å². The molecule has 72 valence electrons. The zero-order valence-corrected chi connectivity index (χ0v) is 8.75. The average Bonchev–Trinajstić information content (AvgIpc) is 2.04. The Morgan fingerprint density at radius 2 is 1.62 bits per heavy atom. The number of hydrogen-bond donors (Lipinski definition) is 1. The third-order valence-corrected chi connectivity index (χ3v) is 2.20. The van der Waals surface area contributed by atoms with Crippen LogP contribution in [0.15, 0.2) is 24.3 Å². The molecule has 0 saturated carbocycles. The summed E-state index contributed by atoms with van der Waals surface area (Å²) in [7, 11) is 0. The van der Waals surface area contributed by atoms with Crippen LogP contribution in [-0.2, 0) is 6.42 Å². The number of rotatable bonds is 3. The van der Waals surface area contributed by atoms with Crippen molar-refractivity contribution in [3.63, 3.8) is 0 Å². The Morgan fingerprint density at radius 3 is 2.00 bits per heavy atom. The predicted octanol–water partition coefficient (Wildman–Crippen LogP) is 2.70. The van der Waals surface area contributed by atoms with Crippen molar-refractivity contribution in [1.82, 2.24) is 0 Å². The molecule has 0 spiro atoms. The molecule has 0 aliphatic heterocycles. The molecule has 0 radical (unpaired) electrons. The van der Waals surface area contributed by atoms with Crippen molar-refractivity contribution in [1.29, 1.82) is 0 Å². The van der Waals surface area contributed by atoms with Gasteiger partial charge in [0.2, 0.25) is 0 Å². The van der Waals surface area contributed by atoms with E-state index in [1.54, 1.807) is 0 Å². The van der Waals surface area contributed by atoms with E-state index in [0.717, 1.165) is 6.42 Å². The number of benzene rings is 1. The lowest BCUT2D eigenvalue weighted by Crippen LogP contribution is -2.17. The minimum Gasteiger partial charge on any atom is -0.328 e. The summed E-state index contributed by atoms with van der Waals surface area (Å²) in [5.41, 5.74) is 8.45. The molecule has 0 aliphatic rings. The molecule has 1 rings (SSSR count). The normalized spacial score (nSPS) is 13.3. The Kier molecular flexibility index (Phi) is 3.49. The molecular weight excluding hydrogens is 158 g/mol. The lowest BCUT2D eigenvalue weighted by atomic mass is 10.00. The van der Waals surface area contributed by atoms with Gasteiger partial charge in [0.05, 0.1) is 0 Å². The number of nitrogens with two attached hydrogens (primary N) is 1. The fourth-order valence-corrected chi connectivity index (χ4v) is 1.41. The van der Waals surface area contributed by atoms with Gasteiger partial charge in [-0.25, -0.2) is 0 Å². The van der Waals surface area contributed by atoms with E-state index in [1.807, 2.05) is 6.92 Å².